The van der Waals surface area contributed by atoms with Crippen LogP contribution < -0.4 is 0 Å². The summed E-state index contributed by atoms with van der Waals surface area (Å²) in [5.41, 5.74) is 7.57. The lowest BCUT2D eigenvalue weighted by atomic mass is 10.0. The average molecular weight is 706 g/mol. The van der Waals surface area contributed by atoms with Gasteiger partial charge in [0.1, 0.15) is 5.52 Å². The van der Waals surface area contributed by atoms with E-state index in [4.69, 9.17) is 0 Å². The van der Waals surface area contributed by atoms with E-state index < -0.39 is 0 Å². The van der Waals surface area contributed by atoms with Crippen molar-refractivity contribution in [3.05, 3.63) is 95.2 Å². The number of aromatic nitrogens is 3. The predicted octanol–water partition coefficient (Wildman–Crippen LogP) is 14.9. The normalized spacial score (nSPS) is 11.4. The Balaban J connectivity index is 0.000000186. The maximum atomic E-state index is 4.32. The molecule has 0 unspecified atom stereocenters. The van der Waals surface area contributed by atoms with Gasteiger partial charge in [0.2, 0.25) is 0 Å². The summed E-state index contributed by atoms with van der Waals surface area (Å²) >= 11 is 4.96. The van der Waals surface area contributed by atoms with Crippen LogP contribution in [0.3, 0.4) is 0 Å². The van der Waals surface area contributed by atoms with E-state index in [1.165, 1.54) is 163 Å². The van der Waals surface area contributed by atoms with Crippen molar-refractivity contribution >= 4 is 66.2 Å². The van der Waals surface area contributed by atoms with E-state index in [2.05, 4.69) is 111 Å². The Morgan fingerprint density at radius 1 is 0.571 bits per heavy atom. The fourth-order valence-corrected chi connectivity index (χ4v) is 9.10. The smallest absolute Gasteiger partial charge is 0.115 e. The maximum absolute atomic E-state index is 4.32. The third kappa shape index (κ3) is 9.68. The highest BCUT2D eigenvalue weighted by Gasteiger charge is 2.15. The first-order chi connectivity index (χ1) is 24.3. The molecule has 3 nitrogen and oxygen atoms in total. The number of hydrogen-bond acceptors (Lipinski definition) is 5. The van der Waals surface area contributed by atoms with E-state index >= 15 is 0 Å². The molecule has 0 spiro atoms. The zero-order valence-electron chi connectivity index (χ0n) is 29.1. The summed E-state index contributed by atoms with van der Waals surface area (Å²) in [6.45, 7) is 2.30. The molecule has 0 radical (unpaired) electrons. The summed E-state index contributed by atoms with van der Waals surface area (Å²) in [7, 11) is 0. The molecule has 0 bridgehead atoms. The Morgan fingerprint density at radius 2 is 1.20 bits per heavy atom. The molecule has 49 heavy (non-hydrogen) atoms. The first kappa shape index (κ1) is 35.5. The molecule has 256 valence electrons. The molecule has 0 saturated carbocycles. The van der Waals surface area contributed by atoms with E-state index in [1.807, 2.05) is 0 Å². The van der Waals surface area contributed by atoms with Crippen LogP contribution >= 0.6 is 34.2 Å². The second kappa shape index (κ2) is 19.2. The molecule has 3 aromatic carbocycles. The lowest BCUT2D eigenvalue weighted by molar-refractivity contribution is 0.532. The molecular formula is C43H51N3S3. The average Bonchev–Trinajstić information content (AvgIpc) is 3.97. The van der Waals surface area contributed by atoms with Gasteiger partial charge in [-0.15, -0.1) is 27.8 Å². The SMILES string of the molecule is CCCCCCCCCCCCCCCCCc1cccc2c1[nH]c1ccccc12.c1csc(-c2ccc3snnc3c2-c2cccs2)c1. The summed E-state index contributed by atoms with van der Waals surface area (Å²) in [6.07, 6.45) is 22.6. The Kier molecular flexibility index (Phi) is 13.9. The van der Waals surface area contributed by atoms with Crippen LogP contribution in [-0.4, -0.2) is 14.6 Å². The largest absolute Gasteiger partial charge is 0.354 e. The van der Waals surface area contributed by atoms with Crippen LogP contribution in [0.15, 0.2) is 89.6 Å². The minimum Gasteiger partial charge on any atom is -0.354 e. The topological polar surface area (TPSA) is 41.6 Å². The fourth-order valence-electron chi connectivity index (χ4n) is 6.99. The van der Waals surface area contributed by atoms with E-state index in [1.54, 1.807) is 22.7 Å². The molecule has 4 aromatic heterocycles. The zero-order chi connectivity index (χ0) is 33.5. The Labute approximate surface area is 305 Å². The molecule has 0 aliphatic heterocycles. The number of unbranched alkanes of at least 4 members (excludes halogenated alkanes) is 14. The van der Waals surface area contributed by atoms with E-state index in [0.717, 1.165) is 10.2 Å². The van der Waals surface area contributed by atoms with Gasteiger partial charge in [-0.25, -0.2) is 0 Å². The number of hydrogen-bond donors (Lipinski definition) is 1. The third-order valence-electron chi connectivity index (χ3n) is 9.65. The van der Waals surface area contributed by atoms with Crippen molar-refractivity contribution in [2.24, 2.45) is 0 Å². The number of H-pyrrole nitrogens is 1. The Hall–Kier alpha value is -3.32. The van der Waals surface area contributed by atoms with Gasteiger partial charge >= 0.3 is 0 Å². The molecule has 0 atom stereocenters. The van der Waals surface area contributed by atoms with Crippen molar-refractivity contribution in [2.75, 3.05) is 0 Å². The summed E-state index contributed by atoms with van der Waals surface area (Å²) in [4.78, 5) is 6.18. The van der Waals surface area contributed by atoms with Gasteiger partial charge in [-0.1, -0.05) is 156 Å². The maximum Gasteiger partial charge on any atom is 0.115 e. The van der Waals surface area contributed by atoms with Crippen LogP contribution in [-0.2, 0) is 6.42 Å². The van der Waals surface area contributed by atoms with Crippen molar-refractivity contribution in [2.45, 2.75) is 110 Å². The van der Waals surface area contributed by atoms with Crippen LogP contribution in [0, 0.1) is 0 Å². The number of benzene rings is 3. The number of aromatic amines is 1. The number of aryl methyl sites for hydroxylation is 1. The molecule has 7 rings (SSSR count). The van der Waals surface area contributed by atoms with Crippen molar-refractivity contribution in [3.63, 3.8) is 0 Å². The molecule has 4 heterocycles. The van der Waals surface area contributed by atoms with Crippen LogP contribution in [0.25, 0.3) is 52.9 Å². The quantitative estimate of drug-likeness (QED) is 0.0903. The number of para-hydroxylation sites is 2. The van der Waals surface area contributed by atoms with Gasteiger partial charge in [-0.05, 0) is 65.0 Å². The van der Waals surface area contributed by atoms with Gasteiger partial charge in [0.25, 0.3) is 0 Å². The van der Waals surface area contributed by atoms with E-state index in [-0.39, 0.29) is 0 Å². The molecule has 0 saturated heterocycles. The van der Waals surface area contributed by atoms with E-state index in [9.17, 15) is 0 Å². The molecule has 0 fully saturated rings. The molecule has 0 aliphatic rings. The molecule has 7 aromatic rings. The van der Waals surface area contributed by atoms with Crippen molar-refractivity contribution in [1.29, 1.82) is 0 Å². The summed E-state index contributed by atoms with van der Waals surface area (Å²) < 4.78 is 5.24. The van der Waals surface area contributed by atoms with Crippen molar-refractivity contribution in [3.8, 4) is 20.9 Å². The Morgan fingerprint density at radius 3 is 1.88 bits per heavy atom. The van der Waals surface area contributed by atoms with Crippen molar-refractivity contribution < 1.29 is 0 Å². The number of fused-ring (bicyclic) bond motifs is 4. The van der Waals surface area contributed by atoms with Gasteiger partial charge in [-0.3, -0.25) is 0 Å². The van der Waals surface area contributed by atoms with Crippen LogP contribution in [0.1, 0.15) is 109 Å². The molecule has 0 aliphatic carbocycles. The first-order valence-corrected chi connectivity index (χ1v) is 21.2. The second-order valence-electron chi connectivity index (χ2n) is 13.3. The molecule has 6 heteroatoms. The van der Waals surface area contributed by atoms with Crippen LogP contribution in [0.5, 0.6) is 0 Å². The van der Waals surface area contributed by atoms with Crippen molar-refractivity contribution in [1.82, 2.24) is 14.6 Å². The lowest BCUT2D eigenvalue weighted by Crippen LogP contribution is -1.88. The standard InChI is InChI=1S/C29H43N.C14H8N2S3/c1-2-3-4-5-6-7-8-9-10-11-12-13-14-15-16-20-25-21-19-23-27-26-22-17-18-24-28(26)30-29(25)27;1-3-10(17-7-1)9-5-6-12-14(15-16-19-12)13(9)11-4-2-8-18-11/h17-19,21-24,30H,2-16,20H2,1H3;1-8H. The Bertz CT molecular complexity index is 1950. The molecular weight excluding hydrogens is 655 g/mol. The highest BCUT2D eigenvalue weighted by atomic mass is 32.1. The second-order valence-corrected chi connectivity index (χ2v) is 16.0. The third-order valence-corrected chi connectivity index (χ3v) is 12.1. The molecule has 1 N–H and O–H groups in total. The summed E-state index contributed by atoms with van der Waals surface area (Å²) in [5.74, 6) is 0. The van der Waals surface area contributed by atoms with Gasteiger partial charge in [0.05, 0.1) is 4.70 Å². The van der Waals surface area contributed by atoms with Crippen LogP contribution in [0.2, 0.25) is 0 Å². The highest BCUT2D eigenvalue weighted by molar-refractivity contribution is 7.15. The lowest BCUT2D eigenvalue weighted by Gasteiger charge is -2.06. The number of nitrogens with zero attached hydrogens (tertiary/aromatic N) is 2. The van der Waals surface area contributed by atoms with Gasteiger partial charge in [0.15, 0.2) is 0 Å². The number of thiophene rings is 2. The summed E-state index contributed by atoms with van der Waals surface area (Å²) in [5, 5.41) is 11.3. The first-order valence-electron chi connectivity index (χ1n) is 18.6. The van der Waals surface area contributed by atoms with Crippen LogP contribution in [0.4, 0.5) is 0 Å². The summed E-state index contributed by atoms with van der Waals surface area (Å²) in [6, 6.07) is 28.2. The van der Waals surface area contributed by atoms with Gasteiger partial charge < -0.3 is 4.98 Å². The predicted molar refractivity (Wildman–Crippen MR) is 218 cm³/mol. The van der Waals surface area contributed by atoms with Gasteiger partial charge in [-0.2, -0.15) is 0 Å². The monoisotopic (exact) mass is 705 g/mol. The number of nitrogens with one attached hydrogen (secondary N) is 1. The minimum absolute atomic E-state index is 1.01. The molecule has 0 amide bonds. The fraction of sp³-hybridized carbons (Fsp3) is 0.395. The zero-order valence-corrected chi connectivity index (χ0v) is 31.5. The highest BCUT2D eigenvalue weighted by Crippen LogP contribution is 2.41. The number of rotatable bonds is 18. The van der Waals surface area contributed by atoms with E-state index in [0.29, 0.717) is 0 Å². The minimum atomic E-state index is 1.01. The van der Waals surface area contributed by atoms with Gasteiger partial charge in [0, 0.05) is 42.7 Å².